The summed E-state index contributed by atoms with van der Waals surface area (Å²) < 4.78 is 54.6. The van der Waals surface area contributed by atoms with Gasteiger partial charge in [0.2, 0.25) is 5.91 Å². The number of carbonyl (C=O) groups excluding carboxylic acids is 1. The normalized spacial score (nSPS) is 19.6. The minimum Gasteiger partial charge on any atom is -0.350 e. The lowest BCUT2D eigenvalue weighted by Crippen LogP contribution is -2.60. The van der Waals surface area contributed by atoms with E-state index in [-0.39, 0.29) is 37.5 Å². The van der Waals surface area contributed by atoms with E-state index in [1.54, 1.807) is 30.3 Å². The van der Waals surface area contributed by atoms with E-state index in [2.05, 4.69) is 30.8 Å². The zero-order valence-corrected chi connectivity index (χ0v) is 21.2. The number of aromatic nitrogens is 4. The number of benzene rings is 1. The van der Waals surface area contributed by atoms with Crippen molar-refractivity contribution in [1.29, 1.82) is 0 Å². The maximum absolute atomic E-state index is 15.0. The number of halogens is 4. The van der Waals surface area contributed by atoms with Crippen LogP contribution >= 0.6 is 11.8 Å². The third-order valence-corrected chi connectivity index (χ3v) is 8.12. The smallest absolute Gasteiger partial charge is 0.350 e. The first-order chi connectivity index (χ1) is 18.0. The molecule has 0 spiro atoms. The highest BCUT2D eigenvalue weighted by Gasteiger charge is 2.68. The highest BCUT2D eigenvalue weighted by Crippen LogP contribution is 2.58. The molecule has 6 rings (SSSR count). The Bertz CT molecular complexity index is 1360. The Hall–Kier alpha value is -3.35. The van der Waals surface area contributed by atoms with Crippen LogP contribution in [0.5, 0.6) is 0 Å². The zero-order chi connectivity index (χ0) is 26.7. The van der Waals surface area contributed by atoms with E-state index in [4.69, 9.17) is 0 Å². The van der Waals surface area contributed by atoms with Gasteiger partial charge in [-0.1, -0.05) is 0 Å². The van der Waals surface area contributed by atoms with Crippen LogP contribution in [0, 0.1) is 18.3 Å². The maximum Gasteiger partial charge on any atom is 0.403 e. The van der Waals surface area contributed by atoms with Gasteiger partial charge in [-0.15, -0.1) is 0 Å². The number of rotatable bonds is 8. The van der Waals surface area contributed by atoms with Gasteiger partial charge in [-0.3, -0.25) is 9.89 Å². The van der Waals surface area contributed by atoms with E-state index in [0.717, 1.165) is 23.4 Å². The minimum atomic E-state index is -4.56. The van der Waals surface area contributed by atoms with Gasteiger partial charge in [0.25, 0.3) is 0 Å². The number of hydrogen-bond donors (Lipinski definition) is 3. The van der Waals surface area contributed by atoms with Gasteiger partial charge < -0.3 is 15.5 Å². The fourth-order valence-electron chi connectivity index (χ4n) is 4.63. The fraction of sp³-hybridized carbons (Fsp3) is 0.440. The molecule has 1 amide bonds. The summed E-state index contributed by atoms with van der Waals surface area (Å²) >= 11 is 1.25. The standard InChI is InChI=1S/C25H25F4N7OS/c1-14-10-19(35-34-14)31-18-11-20(36-12-24(26,13-36)15-2-3-15)33-22(32-18)38-17-6-4-16(5-7-17)30-21(37)23(8-9-23)25(27,28)29/h4-7,10-11,15H,2-3,8-9,12-13H2,1H3,(H,30,37)(H2,31,32,33,34,35). The molecule has 0 atom stereocenters. The van der Waals surface area contributed by atoms with Gasteiger partial charge in [0, 0.05) is 28.4 Å². The van der Waals surface area contributed by atoms with E-state index >= 15 is 0 Å². The number of aromatic amines is 1. The Kier molecular flexibility index (Phi) is 5.82. The van der Waals surface area contributed by atoms with Gasteiger partial charge in [-0.05, 0) is 74.6 Å². The predicted octanol–water partition coefficient (Wildman–Crippen LogP) is 5.62. The molecule has 0 bridgehead atoms. The molecule has 200 valence electrons. The second kappa shape index (κ2) is 8.85. The summed E-state index contributed by atoms with van der Waals surface area (Å²) in [6.07, 6.45) is -3.10. The van der Waals surface area contributed by atoms with E-state index in [1.807, 2.05) is 17.9 Å². The van der Waals surface area contributed by atoms with Crippen LogP contribution in [0.15, 0.2) is 46.5 Å². The highest BCUT2D eigenvalue weighted by molar-refractivity contribution is 7.99. The molecule has 0 radical (unpaired) electrons. The molecule has 8 nitrogen and oxygen atoms in total. The van der Waals surface area contributed by atoms with Crippen molar-refractivity contribution < 1.29 is 22.4 Å². The molecule has 3 aliphatic rings. The molecule has 1 saturated heterocycles. The van der Waals surface area contributed by atoms with Crippen molar-refractivity contribution in [1.82, 2.24) is 20.2 Å². The van der Waals surface area contributed by atoms with Crippen molar-refractivity contribution in [3.05, 3.63) is 42.1 Å². The summed E-state index contributed by atoms with van der Waals surface area (Å²) in [5.41, 5.74) is -2.30. The van der Waals surface area contributed by atoms with Crippen LogP contribution in [0.1, 0.15) is 31.4 Å². The first-order valence-corrected chi connectivity index (χ1v) is 13.1. The van der Waals surface area contributed by atoms with Gasteiger partial charge in [0.1, 0.15) is 22.7 Å². The number of nitrogens with zero attached hydrogens (tertiary/aromatic N) is 4. The lowest BCUT2D eigenvalue weighted by molar-refractivity contribution is -0.189. The molecule has 1 aliphatic heterocycles. The SMILES string of the molecule is Cc1cc(Nc2cc(N3CC(F)(C4CC4)C3)nc(Sc3ccc(NC(=O)C4(C(F)(F)F)CC4)cc3)n2)n[nH]1. The fourth-order valence-corrected chi connectivity index (χ4v) is 5.40. The largest absolute Gasteiger partial charge is 0.403 e. The van der Waals surface area contributed by atoms with E-state index < -0.39 is 23.2 Å². The second-order valence-electron chi connectivity index (χ2n) is 10.3. The molecule has 38 heavy (non-hydrogen) atoms. The number of amides is 1. The number of hydrogen-bond acceptors (Lipinski definition) is 7. The third-order valence-electron chi connectivity index (χ3n) is 7.24. The first kappa shape index (κ1) is 25.0. The van der Waals surface area contributed by atoms with E-state index in [0.29, 0.717) is 22.6 Å². The molecular weight excluding hydrogens is 522 g/mol. The highest BCUT2D eigenvalue weighted by atomic mass is 32.2. The van der Waals surface area contributed by atoms with Crippen LogP contribution in [0.25, 0.3) is 0 Å². The van der Waals surface area contributed by atoms with Crippen molar-refractivity contribution in [3.8, 4) is 0 Å². The quantitative estimate of drug-likeness (QED) is 0.249. The van der Waals surface area contributed by atoms with E-state index in [9.17, 15) is 22.4 Å². The summed E-state index contributed by atoms with van der Waals surface area (Å²) in [6.45, 7) is 2.45. The summed E-state index contributed by atoms with van der Waals surface area (Å²) in [4.78, 5) is 24.0. The lowest BCUT2D eigenvalue weighted by Gasteiger charge is -2.45. The molecule has 1 aromatic carbocycles. The van der Waals surface area contributed by atoms with Crippen molar-refractivity contribution >= 4 is 40.8 Å². The van der Waals surface area contributed by atoms with Gasteiger partial charge in [0.15, 0.2) is 11.0 Å². The molecular formula is C25H25F4N7OS. The van der Waals surface area contributed by atoms with Crippen molar-refractivity contribution in [3.63, 3.8) is 0 Å². The Labute approximate surface area is 220 Å². The molecule has 3 heterocycles. The predicted molar refractivity (Wildman–Crippen MR) is 134 cm³/mol. The molecule has 2 saturated carbocycles. The summed E-state index contributed by atoms with van der Waals surface area (Å²) in [6, 6.07) is 10.0. The number of carbonyl (C=O) groups is 1. The summed E-state index contributed by atoms with van der Waals surface area (Å²) in [5, 5.41) is 13.0. The Morgan fingerprint density at radius 1 is 1.11 bits per heavy atom. The maximum atomic E-state index is 15.0. The summed E-state index contributed by atoms with van der Waals surface area (Å²) in [7, 11) is 0. The molecule has 3 N–H and O–H groups in total. The number of anilines is 4. The van der Waals surface area contributed by atoms with Crippen LogP contribution in [-0.4, -0.2) is 51.0 Å². The lowest BCUT2D eigenvalue weighted by atomic mass is 9.91. The average molecular weight is 548 g/mol. The second-order valence-corrected chi connectivity index (χ2v) is 11.3. The Morgan fingerprint density at radius 3 is 2.39 bits per heavy atom. The van der Waals surface area contributed by atoms with Gasteiger partial charge in [0.05, 0.1) is 13.1 Å². The zero-order valence-electron chi connectivity index (χ0n) is 20.4. The van der Waals surface area contributed by atoms with Crippen LogP contribution in [0.4, 0.5) is 40.7 Å². The first-order valence-electron chi connectivity index (χ1n) is 12.3. The van der Waals surface area contributed by atoms with Crippen molar-refractivity contribution in [2.75, 3.05) is 28.6 Å². The molecule has 3 fully saturated rings. The molecule has 2 aromatic heterocycles. The third kappa shape index (κ3) is 4.79. The number of nitrogens with one attached hydrogen (secondary N) is 3. The monoisotopic (exact) mass is 547 g/mol. The number of alkyl halides is 4. The van der Waals surface area contributed by atoms with Gasteiger partial charge >= 0.3 is 6.18 Å². The van der Waals surface area contributed by atoms with Crippen LogP contribution < -0.4 is 15.5 Å². The Balaban J connectivity index is 1.18. The Morgan fingerprint density at radius 2 is 1.82 bits per heavy atom. The molecule has 0 unspecified atom stereocenters. The van der Waals surface area contributed by atoms with Crippen molar-refractivity contribution in [2.45, 2.75) is 54.5 Å². The number of aryl methyl sites for hydroxylation is 1. The van der Waals surface area contributed by atoms with Gasteiger partial charge in [-0.25, -0.2) is 14.4 Å². The molecule has 2 aliphatic carbocycles. The molecule has 3 aromatic rings. The van der Waals surface area contributed by atoms with Crippen LogP contribution in [-0.2, 0) is 4.79 Å². The van der Waals surface area contributed by atoms with Crippen molar-refractivity contribution in [2.24, 2.45) is 11.3 Å². The average Bonchev–Trinajstić information content (AvgIpc) is 3.75. The van der Waals surface area contributed by atoms with E-state index in [1.165, 1.54) is 11.8 Å². The van der Waals surface area contributed by atoms with Crippen LogP contribution in [0.2, 0.25) is 0 Å². The van der Waals surface area contributed by atoms with Gasteiger partial charge in [-0.2, -0.15) is 18.3 Å². The number of H-pyrrole nitrogens is 1. The topological polar surface area (TPSA) is 98.8 Å². The summed E-state index contributed by atoms with van der Waals surface area (Å²) in [5.74, 6) is 0.769. The molecule has 13 heteroatoms. The minimum absolute atomic E-state index is 0.129. The van der Waals surface area contributed by atoms with Crippen LogP contribution in [0.3, 0.4) is 0 Å².